The maximum absolute atomic E-state index is 11.8. The highest BCUT2D eigenvalue weighted by Gasteiger charge is 2.13. The number of nitrogens with one attached hydrogen (secondary N) is 1. The third kappa shape index (κ3) is 4.37. The van der Waals surface area contributed by atoms with Crippen LogP contribution in [-0.2, 0) is 11.8 Å². The molecule has 0 aliphatic carbocycles. The minimum absolute atomic E-state index is 0.222. The molecule has 0 saturated carbocycles. The van der Waals surface area contributed by atoms with Gasteiger partial charge in [-0.25, -0.2) is 0 Å². The number of carbonyl (C=O) groups excluding carboxylic acids is 1. The third-order valence-electron chi connectivity index (χ3n) is 2.55. The zero-order chi connectivity index (χ0) is 13.5. The Bertz CT molecular complexity index is 368. The quantitative estimate of drug-likeness (QED) is 0.705. The molecule has 18 heavy (non-hydrogen) atoms. The van der Waals surface area contributed by atoms with Crippen molar-refractivity contribution in [1.82, 2.24) is 15.1 Å². The minimum atomic E-state index is -0.222. The first kappa shape index (κ1) is 14.5. The van der Waals surface area contributed by atoms with Crippen LogP contribution in [0.5, 0.6) is 0 Å². The lowest BCUT2D eigenvalue weighted by atomic mass is 10.1. The summed E-state index contributed by atoms with van der Waals surface area (Å²) in [6.07, 6.45) is 2.50. The first-order chi connectivity index (χ1) is 8.52. The molecule has 0 saturated heterocycles. The van der Waals surface area contributed by atoms with E-state index in [4.69, 9.17) is 10.5 Å². The summed E-state index contributed by atoms with van der Waals surface area (Å²) in [5.41, 5.74) is 6.42. The van der Waals surface area contributed by atoms with Gasteiger partial charge in [0.15, 0.2) is 0 Å². The highest BCUT2D eigenvalue weighted by atomic mass is 16.5. The molecule has 0 spiro atoms. The Morgan fingerprint density at radius 1 is 1.56 bits per heavy atom. The largest absolute Gasteiger partial charge is 0.396 e. The second kappa shape index (κ2) is 7.00. The van der Waals surface area contributed by atoms with Crippen molar-refractivity contribution < 1.29 is 9.53 Å². The predicted molar refractivity (Wildman–Crippen MR) is 70.2 cm³/mol. The van der Waals surface area contributed by atoms with Crippen molar-refractivity contribution in [2.75, 3.05) is 25.5 Å². The van der Waals surface area contributed by atoms with Crippen molar-refractivity contribution in [3.05, 3.63) is 11.9 Å². The first-order valence-corrected chi connectivity index (χ1v) is 6.15. The summed E-state index contributed by atoms with van der Waals surface area (Å²) >= 11 is 0. The Morgan fingerprint density at radius 2 is 2.28 bits per heavy atom. The van der Waals surface area contributed by atoms with Crippen molar-refractivity contribution in [2.45, 2.75) is 20.3 Å². The Labute approximate surface area is 107 Å². The van der Waals surface area contributed by atoms with Gasteiger partial charge in [-0.05, 0) is 12.3 Å². The zero-order valence-electron chi connectivity index (χ0n) is 11.3. The van der Waals surface area contributed by atoms with Gasteiger partial charge in [-0.3, -0.25) is 9.48 Å². The molecule has 0 atom stereocenters. The average Bonchev–Trinajstić information content (AvgIpc) is 2.63. The van der Waals surface area contributed by atoms with Gasteiger partial charge in [0.25, 0.3) is 5.91 Å². The Hall–Kier alpha value is -1.56. The summed E-state index contributed by atoms with van der Waals surface area (Å²) in [5.74, 6) is 0.411. The number of aromatic nitrogens is 2. The van der Waals surface area contributed by atoms with Gasteiger partial charge in [-0.1, -0.05) is 13.8 Å². The third-order valence-corrected chi connectivity index (χ3v) is 2.55. The number of nitrogens with zero attached hydrogens (tertiary/aromatic N) is 2. The number of aryl methyl sites for hydroxylation is 1. The second-order valence-corrected chi connectivity index (χ2v) is 4.62. The molecule has 1 rings (SSSR count). The van der Waals surface area contributed by atoms with Crippen LogP contribution in [0.15, 0.2) is 6.20 Å². The lowest BCUT2D eigenvalue weighted by molar-refractivity contribution is 0.0898. The van der Waals surface area contributed by atoms with E-state index in [1.54, 1.807) is 7.05 Å². The van der Waals surface area contributed by atoms with E-state index in [-0.39, 0.29) is 5.91 Å². The summed E-state index contributed by atoms with van der Waals surface area (Å²) < 4.78 is 6.87. The molecule has 0 aliphatic rings. The number of carbonyl (C=O) groups is 1. The first-order valence-electron chi connectivity index (χ1n) is 6.15. The van der Waals surface area contributed by atoms with Crippen molar-refractivity contribution in [2.24, 2.45) is 13.0 Å². The maximum atomic E-state index is 11.8. The molecule has 0 aliphatic heterocycles. The van der Waals surface area contributed by atoms with Crippen molar-refractivity contribution in [1.29, 1.82) is 0 Å². The number of hydrogen-bond acceptors (Lipinski definition) is 4. The van der Waals surface area contributed by atoms with E-state index >= 15 is 0 Å². The molecule has 1 amide bonds. The number of nitrogen functional groups attached to an aromatic ring is 1. The van der Waals surface area contributed by atoms with Gasteiger partial charge in [0.2, 0.25) is 0 Å². The average molecular weight is 254 g/mol. The highest BCUT2D eigenvalue weighted by molar-refractivity contribution is 5.97. The van der Waals surface area contributed by atoms with E-state index in [9.17, 15) is 4.79 Å². The van der Waals surface area contributed by atoms with E-state index in [0.29, 0.717) is 30.5 Å². The van der Waals surface area contributed by atoms with Gasteiger partial charge in [-0.2, -0.15) is 5.10 Å². The van der Waals surface area contributed by atoms with Crippen LogP contribution in [0.2, 0.25) is 0 Å². The van der Waals surface area contributed by atoms with Crippen LogP contribution in [0.1, 0.15) is 30.8 Å². The Morgan fingerprint density at radius 3 is 2.83 bits per heavy atom. The number of nitrogens with two attached hydrogens (primary N) is 1. The van der Waals surface area contributed by atoms with Crippen LogP contribution >= 0.6 is 0 Å². The van der Waals surface area contributed by atoms with Gasteiger partial charge in [0, 0.05) is 20.2 Å². The van der Waals surface area contributed by atoms with Crippen LogP contribution in [0, 0.1) is 5.92 Å². The standard InChI is InChI=1S/C12H22N4O2/c1-9(2)4-6-18-7-5-14-12(17)11-10(13)8-15-16(11)3/h8-9H,4-7,13H2,1-3H3,(H,14,17). The monoisotopic (exact) mass is 254 g/mol. The molecule has 0 fully saturated rings. The van der Waals surface area contributed by atoms with Crippen LogP contribution in [-0.4, -0.2) is 35.4 Å². The van der Waals surface area contributed by atoms with E-state index < -0.39 is 0 Å². The molecule has 0 aromatic carbocycles. The molecular weight excluding hydrogens is 232 g/mol. The molecule has 1 aromatic rings. The summed E-state index contributed by atoms with van der Waals surface area (Å²) in [5, 5.41) is 6.66. The number of hydrogen-bond donors (Lipinski definition) is 2. The number of ether oxygens (including phenoxy) is 1. The van der Waals surface area contributed by atoms with Crippen molar-refractivity contribution in [3.8, 4) is 0 Å². The van der Waals surface area contributed by atoms with Gasteiger partial charge in [0.1, 0.15) is 5.69 Å². The number of anilines is 1. The second-order valence-electron chi connectivity index (χ2n) is 4.62. The fourth-order valence-corrected chi connectivity index (χ4v) is 1.47. The van der Waals surface area contributed by atoms with Gasteiger partial charge >= 0.3 is 0 Å². The van der Waals surface area contributed by atoms with E-state index in [1.807, 2.05) is 0 Å². The normalized spacial score (nSPS) is 10.9. The van der Waals surface area contributed by atoms with Gasteiger partial charge in [-0.15, -0.1) is 0 Å². The lowest BCUT2D eigenvalue weighted by Gasteiger charge is -2.08. The molecule has 1 aromatic heterocycles. The Balaban J connectivity index is 2.22. The molecule has 6 nitrogen and oxygen atoms in total. The molecule has 0 bridgehead atoms. The summed E-state index contributed by atoms with van der Waals surface area (Å²) in [6, 6.07) is 0. The molecule has 0 unspecified atom stereocenters. The van der Waals surface area contributed by atoms with Crippen LogP contribution in [0.3, 0.4) is 0 Å². The minimum Gasteiger partial charge on any atom is -0.396 e. The van der Waals surface area contributed by atoms with Crippen LogP contribution < -0.4 is 11.1 Å². The van der Waals surface area contributed by atoms with Gasteiger partial charge in [0.05, 0.1) is 18.5 Å². The fraction of sp³-hybridized carbons (Fsp3) is 0.667. The predicted octanol–water partition coefficient (Wildman–Crippen LogP) is 0.795. The SMILES string of the molecule is CC(C)CCOCCNC(=O)c1c(N)cnn1C. The molecule has 102 valence electrons. The number of rotatable bonds is 7. The van der Waals surface area contributed by atoms with Crippen molar-refractivity contribution in [3.63, 3.8) is 0 Å². The van der Waals surface area contributed by atoms with Crippen LogP contribution in [0.25, 0.3) is 0 Å². The molecule has 3 N–H and O–H groups in total. The molecular formula is C12H22N4O2. The zero-order valence-corrected chi connectivity index (χ0v) is 11.3. The maximum Gasteiger partial charge on any atom is 0.271 e. The van der Waals surface area contributed by atoms with E-state index in [0.717, 1.165) is 13.0 Å². The lowest BCUT2D eigenvalue weighted by Crippen LogP contribution is -2.29. The Kier molecular flexibility index (Phi) is 5.64. The van der Waals surface area contributed by atoms with E-state index in [2.05, 4.69) is 24.3 Å². The van der Waals surface area contributed by atoms with E-state index in [1.165, 1.54) is 10.9 Å². The molecule has 0 radical (unpaired) electrons. The summed E-state index contributed by atoms with van der Waals surface area (Å²) in [6.45, 7) is 6.01. The van der Waals surface area contributed by atoms with Crippen molar-refractivity contribution >= 4 is 11.6 Å². The smallest absolute Gasteiger partial charge is 0.271 e. The topological polar surface area (TPSA) is 82.2 Å². The highest BCUT2D eigenvalue weighted by Crippen LogP contribution is 2.08. The summed E-state index contributed by atoms with van der Waals surface area (Å²) in [7, 11) is 1.68. The number of amides is 1. The summed E-state index contributed by atoms with van der Waals surface area (Å²) in [4.78, 5) is 11.8. The molecule has 1 heterocycles. The molecule has 6 heteroatoms. The fourth-order valence-electron chi connectivity index (χ4n) is 1.47. The van der Waals surface area contributed by atoms with Crippen LogP contribution in [0.4, 0.5) is 5.69 Å². The van der Waals surface area contributed by atoms with Gasteiger partial charge < -0.3 is 15.8 Å².